The highest BCUT2D eigenvalue weighted by molar-refractivity contribution is 5.68. The molecular formula is C10H20N2O3. The summed E-state index contributed by atoms with van der Waals surface area (Å²) < 4.78 is 10.5. The van der Waals surface area contributed by atoms with Crippen LogP contribution in [-0.2, 0) is 9.47 Å². The summed E-state index contributed by atoms with van der Waals surface area (Å²) >= 11 is 0. The highest BCUT2D eigenvalue weighted by atomic mass is 16.6. The largest absolute Gasteiger partial charge is 0.444 e. The van der Waals surface area contributed by atoms with Gasteiger partial charge in [-0.2, -0.15) is 0 Å². The predicted octanol–water partition coefficient (Wildman–Crippen LogP) is 0.799. The van der Waals surface area contributed by atoms with E-state index in [1.54, 1.807) is 12.0 Å². The zero-order valence-electron chi connectivity index (χ0n) is 9.87. The van der Waals surface area contributed by atoms with Gasteiger partial charge in [-0.15, -0.1) is 0 Å². The van der Waals surface area contributed by atoms with Gasteiger partial charge < -0.3 is 14.8 Å². The maximum atomic E-state index is 11.8. The fourth-order valence-corrected chi connectivity index (χ4v) is 1.42. The van der Waals surface area contributed by atoms with Gasteiger partial charge >= 0.3 is 6.09 Å². The maximum absolute atomic E-state index is 11.8. The molecule has 0 aromatic heterocycles. The van der Waals surface area contributed by atoms with Crippen LogP contribution in [0.15, 0.2) is 0 Å². The minimum Gasteiger partial charge on any atom is -0.444 e. The molecule has 15 heavy (non-hydrogen) atoms. The lowest BCUT2D eigenvalue weighted by molar-refractivity contribution is -0.0579. The Bertz CT molecular complexity index is 225. The van der Waals surface area contributed by atoms with Gasteiger partial charge in [0.1, 0.15) is 11.8 Å². The Hall–Kier alpha value is -0.810. The molecule has 0 saturated carbocycles. The van der Waals surface area contributed by atoms with Gasteiger partial charge in [-0.3, -0.25) is 4.90 Å². The van der Waals surface area contributed by atoms with Crippen molar-refractivity contribution in [2.45, 2.75) is 32.6 Å². The summed E-state index contributed by atoms with van der Waals surface area (Å²) in [5.74, 6) is 0. The molecule has 0 aromatic rings. The van der Waals surface area contributed by atoms with Crippen LogP contribution in [0, 0.1) is 0 Å². The Morgan fingerprint density at radius 2 is 2.13 bits per heavy atom. The predicted molar refractivity (Wildman–Crippen MR) is 56.6 cm³/mol. The molecule has 1 amide bonds. The molecule has 0 unspecified atom stereocenters. The molecule has 1 rings (SSSR count). The molecule has 1 heterocycles. The van der Waals surface area contributed by atoms with Crippen LogP contribution in [0.25, 0.3) is 0 Å². The Balaban J connectivity index is 2.56. The summed E-state index contributed by atoms with van der Waals surface area (Å²) in [7, 11) is 1.59. The van der Waals surface area contributed by atoms with Gasteiger partial charge in [0, 0.05) is 26.7 Å². The number of carbonyl (C=O) groups is 1. The van der Waals surface area contributed by atoms with Crippen molar-refractivity contribution in [2.24, 2.45) is 0 Å². The molecule has 0 bridgehead atoms. The first-order valence-corrected chi connectivity index (χ1v) is 5.17. The zero-order chi connectivity index (χ0) is 11.5. The summed E-state index contributed by atoms with van der Waals surface area (Å²) in [6.45, 7) is 7.61. The van der Waals surface area contributed by atoms with Gasteiger partial charge in [0.2, 0.25) is 0 Å². The number of ether oxygens (including phenoxy) is 2. The van der Waals surface area contributed by atoms with E-state index in [1.807, 2.05) is 20.8 Å². The van der Waals surface area contributed by atoms with Gasteiger partial charge in [-0.05, 0) is 20.8 Å². The normalized spacial score (nSPS) is 22.7. The Kier molecular flexibility index (Phi) is 3.93. The van der Waals surface area contributed by atoms with Crippen LogP contribution in [0.3, 0.4) is 0 Å². The van der Waals surface area contributed by atoms with Crippen LogP contribution in [0.4, 0.5) is 4.79 Å². The monoisotopic (exact) mass is 216 g/mol. The van der Waals surface area contributed by atoms with Crippen LogP contribution in [0.1, 0.15) is 20.8 Å². The third-order valence-corrected chi connectivity index (χ3v) is 2.10. The van der Waals surface area contributed by atoms with Crippen molar-refractivity contribution in [2.75, 3.05) is 26.7 Å². The average Bonchev–Trinajstić information content (AvgIpc) is 2.15. The number of nitrogens with one attached hydrogen (secondary N) is 1. The van der Waals surface area contributed by atoms with Gasteiger partial charge in [0.05, 0.1) is 0 Å². The fourth-order valence-electron chi connectivity index (χ4n) is 1.42. The van der Waals surface area contributed by atoms with Crippen LogP contribution in [0.5, 0.6) is 0 Å². The van der Waals surface area contributed by atoms with E-state index < -0.39 is 5.60 Å². The first-order valence-electron chi connectivity index (χ1n) is 5.17. The van der Waals surface area contributed by atoms with E-state index in [4.69, 9.17) is 9.47 Å². The quantitative estimate of drug-likeness (QED) is 0.704. The number of hydrogen-bond acceptors (Lipinski definition) is 4. The summed E-state index contributed by atoms with van der Waals surface area (Å²) in [5, 5.41) is 3.16. The van der Waals surface area contributed by atoms with Crippen LogP contribution < -0.4 is 5.32 Å². The number of hydrogen-bond donors (Lipinski definition) is 1. The van der Waals surface area contributed by atoms with E-state index in [1.165, 1.54) is 0 Å². The lowest BCUT2D eigenvalue weighted by atomic mass is 10.2. The highest BCUT2D eigenvalue weighted by Gasteiger charge is 2.29. The number of amides is 1. The highest BCUT2D eigenvalue weighted by Crippen LogP contribution is 2.13. The van der Waals surface area contributed by atoms with Gasteiger partial charge in [-0.25, -0.2) is 4.79 Å². The Morgan fingerprint density at radius 1 is 1.47 bits per heavy atom. The topological polar surface area (TPSA) is 50.8 Å². The maximum Gasteiger partial charge on any atom is 0.412 e. The molecule has 1 aliphatic rings. The standard InChI is InChI=1S/C10H20N2O3/c1-10(2,3)15-9(13)12-6-5-11-7-8(12)14-4/h8,11H,5-7H2,1-4H3/t8-/m1/s1. The fraction of sp³-hybridized carbons (Fsp3) is 0.900. The molecule has 1 saturated heterocycles. The van der Waals surface area contributed by atoms with Crippen molar-refractivity contribution in [3.63, 3.8) is 0 Å². The first-order chi connectivity index (χ1) is 6.94. The second kappa shape index (κ2) is 4.81. The lowest BCUT2D eigenvalue weighted by Gasteiger charge is -2.35. The Labute approximate surface area is 90.7 Å². The SMILES string of the molecule is CO[C@@H]1CNCCN1C(=O)OC(C)(C)C. The molecular weight excluding hydrogens is 196 g/mol. The van der Waals surface area contributed by atoms with Crippen molar-refractivity contribution in [1.29, 1.82) is 0 Å². The molecule has 5 heteroatoms. The van der Waals surface area contributed by atoms with Crippen molar-refractivity contribution in [1.82, 2.24) is 10.2 Å². The second-order valence-electron chi connectivity index (χ2n) is 4.57. The molecule has 1 aliphatic heterocycles. The molecule has 1 atom stereocenters. The average molecular weight is 216 g/mol. The van der Waals surface area contributed by atoms with Crippen LogP contribution >= 0.6 is 0 Å². The smallest absolute Gasteiger partial charge is 0.412 e. The third-order valence-electron chi connectivity index (χ3n) is 2.10. The molecule has 0 aromatic carbocycles. The summed E-state index contributed by atoms with van der Waals surface area (Å²) in [4.78, 5) is 13.4. The zero-order valence-corrected chi connectivity index (χ0v) is 9.87. The van der Waals surface area contributed by atoms with Crippen molar-refractivity contribution < 1.29 is 14.3 Å². The van der Waals surface area contributed by atoms with E-state index in [0.29, 0.717) is 13.1 Å². The molecule has 88 valence electrons. The molecule has 0 aliphatic carbocycles. The summed E-state index contributed by atoms with van der Waals surface area (Å²) in [6.07, 6.45) is -0.538. The molecule has 1 N–H and O–H groups in total. The number of methoxy groups -OCH3 is 1. The molecule has 0 spiro atoms. The first kappa shape index (κ1) is 12.3. The van der Waals surface area contributed by atoms with Crippen LogP contribution in [0.2, 0.25) is 0 Å². The van der Waals surface area contributed by atoms with Crippen molar-refractivity contribution >= 4 is 6.09 Å². The van der Waals surface area contributed by atoms with Crippen molar-refractivity contribution in [3.05, 3.63) is 0 Å². The van der Waals surface area contributed by atoms with E-state index in [9.17, 15) is 4.79 Å². The third kappa shape index (κ3) is 3.68. The summed E-state index contributed by atoms with van der Waals surface area (Å²) in [5.41, 5.74) is -0.458. The van der Waals surface area contributed by atoms with E-state index >= 15 is 0 Å². The van der Waals surface area contributed by atoms with E-state index in [0.717, 1.165) is 6.54 Å². The van der Waals surface area contributed by atoms with Gasteiger partial charge in [0.15, 0.2) is 0 Å². The van der Waals surface area contributed by atoms with E-state index in [-0.39, 0.29) is 12.3 Å². The minimum atomic E-state index is -0.458. The van der Waals surface area contributed by atoms with Gasteiger partial charge in [-0.1, -0.05) is 0 Å². The summed E-state index contributed by atoms with van der Waals surface area (Å²) in [6, 6.07) is 0. The number of rotatable bonds is 1. The Morgan fingerprint density at radius 3 is 2.67 bits per heavy atom. The molecule has 1 fully saturated rings. The minimum absolute atomic E-state index is 0.228. The molecule has 5 nitrogen and oxygen atoms in total. The second-order valence-corrected chi connectivity index (χ2v) is 4.57. The van der Waals surface area contributed by atoms with Gasteiger partial charge in [0.25, 0.3) is 0 Å². The number of nitrogens with zero attached hydrogens (tertiary/aromatic N) is 1. The number of piperazine rings is 1. The molecule has 0 radical (unpaired) electrons. The lowest BCUT2D eigenvalue weighted by Crippen LogP contribution is -2.55. The van der Waals surface area contributed by atoms with Crippen LogP contribution in [-0.4, -0.2) is 49.6 Å². The number of carbonyl (C=O) groups excluding carboxylic acids is 1. The van der Waals surface area contributed by atoms with Crippen molar-refractivity contribution in [3.8, 4) is 0 Å². The van der Waals surface area contributed by atoms with E-state index in [2.05, 4.69) is 5.32 Å².